The molecule has 0 spiro atoms. The Labute approximate surface area is 56.8 Å². The van der Waals surface area contributed by atoms with Gasteiger partial charge in [-0.05, 0) is 0 Å². The van der Waals surface area contributed by atoms with Crippen molar-refractivity contribution in [2.45, 2.75) is 0 Å². The van der Waals surface area contributed by atoms with Gasteiger partial charge in [0.25, 0.3) is 0 Å². The van der Waals surface area contributed by atoms with Crippen molar-refractivity contribution in [2.75, 3.05) is 0 Å². The molecule has 0 heterocycles. The Balaban J connectivity index is -0.00000000167. The Morgan fingerprint density at radius 3 is 1.20 bits per heavy atom. The second kappa shape index (κ2) is 102. The Hall–Kier alpha value is 0.834. The van der Waals surface area contributed by atoms with Crippen LogP contribution in [0.5, 0.6) is 0 Å². The van der Waals surface area contributed by atoms with E-state index in [0.29, 0.717) is 0 Å². The van der Waals surface area contributed by atoms with Crippen LogP contribution in [0.15, 0.2) is 0 Å². The number of rotatable bonds is 0. The monoisotopic (exact) mass is 146 g/mol. The van der Waals surface area contributed by atoms with E-state index in [9.17, 15) is 0 Å². The standard InChI is InChI=1S/C.Fe.NO.Ti/c;;1-2;. The van der Waals surface area contributed by atoms with Crippen LogP contribution >= 0.6 is 0 Å². The van der Waals surface area contributed by atoms with Crippen molar-refractivity contribution in [1.29, 1.82) is 0 Å². The molecule has 0 saturated carbocycles. The van der Waals surface area contributed by atoms with E-state index in [2.05, 4.69) is 0 Å². The largest absolute Gasteiger partial charge is 0.120 e. The van der Waals surface area contributed by atoms with Crippen LogP contribution < -0.4 is 5.59 Å². The second-order valence-corrected chi connectivity index (χ2v) is 0. The van der Waals surface area contributed by atoms with Gasteiger partial charge in [-0.15, -0.1) is 4.91 Å². The molecule has 2 nitrogen and oxygen atoms in total. The van der Waals surface area contributed by atoms with Crippen LogP contribution in [-0.2, 0) is 38.8 Å². The van der Waals surface area contributed by atoms with Gasteiger partial charge in [0.2, 0.25) is 0 Å². The molecule has 27 valence electrons. The molecule has 0 aliphatic heterocycles. The minimum absolute atomic E-state index is 0. The average molecular weight is 146 g/mol. The zero-order valence-corrected chi connectivity index (χ0v) is 4.87. The molecule has 4 heteroatoms. The fourth-order valence-electron chi connectivity index (χ4n) is 0. The first kappa shape index (κ1) is 40.5. The van der Waals surface area contributed by atoms with Crippen molar-refractivity contribution < 1.29 is 38.8 Å². The number of hydrogen-bond acceptors (Lipinski definition) is 1. The van der Waals surface area contributed by atoms with Crippen molar-refractivity contribution in [3.8, 4) is 0 Å². The number of nitroso groups, excluding NO2 is 1. The van der Waals surface area contributed by atoms with Crippen LogP contribution in [0.3, 0.4) is 0 Å². The van der Waals surface area contributed by atoms with Crippen LogP contribution in [0.2, 0.25) is 0 Å². The summed E-state index contributed by atoms with van der Waals surface area (Å²) in [7, 11) is 0. The van der Waals surface area contributed by atoms with E-state index in [1.165, 1.54) is 0 Å². The summed E-state index contributed by atoms with van der Waals surface area (Å²) < 4.78 is 0. The Morgan fingerprint density at radius 2 is 1.20 bits per heavy atom. The van der Waals surface area contributed by atoms with Gasteiger partial charge < -0.3 is 0 Å². The molecule has 0 fully saturated rings. The zero-order valence-electron chi connectivity index (χ0n) is 2.21. The summed E-state index contributed by atoms with van der Waals surface area (Å²) in [6.45, 7) is 0. The van der Waals surface area contributed by atoms with E-state index in [1.54, 1.807) is 0 Å². The molecular formula is CFeNOTi. The van der Waals surface area contributed by atoms with Gasteiger partial charge in [0.1, 0.15) is 5.59 Å². The predicted molar refractivity (Wildman–Crippen MR) is 8.74 cm³/mol. The Morgan fingerprint density at radius 1 is 1.20 bits per heavy atom. The maximum Gasteiger partial charge on any atom is 0.120 e. The molecule has 0 aliphatic carbocycles. The molecule has 0 N–H and O–H groups in total. The van der Waals surface area contributed by atoms with Crippen LogP contribution in [-0.4, -0.2) is 0 Å². The molecule has 5 radical (unpaired) electrons. The van der Waals surface area contributed by atoms with Crippen molar-refractivity contribution in [3.63, 3.8) is 0 Å². The first-order valence-electron chi connectivity index (χ1n) is 0.183. The van der Waals surface area contributed by atoms with Crippen LogP contribution in [0.4, 0.5) is 0 Å². The zero-order chi connectivity index (χ0) is 2.00. The molecule has 0 aromatic rings. The molecule has 0 aliphatic rings. The molecule has 0 saturated heterocycles. The van der Waals surface area contributed by atoms with E-state index in [4.69, 9.17) is 10.5 Å². The minimum Gasteiger partial charge on any atom is -0.120 e. The molecule has 5 heavy (non-hydrogen) atoms. The molecule has 0 amide bonds. The van der Waals surface area contributed by atoms with E-state index < -0.39 is 0 Å². The fraction of sp³-hybridized carbons (Fsp3) is 0. The van der Waals surface area contributed by atoms with Gasteiger partial charge in [-0.3, -0.25) is 0 Å². The van der Waals surface area contributed by atoms with E-state index in [1.807, 2.05) is 0 Å². The topological polar surface area (TPSA) is 39.4 Å². The van der Waals surface area contributed by atoms with Gasteiger partial charge in [0.15, 0.2) is 0 Å². The molecular weight excluding hydrogens is 146 g/mol. The van der Waals surface area contributed by atoms with Gasteiger partial charge in [-0.25, -0.2) is 0 Å². The average Bonchev–Trinajstić information content (AvgIpc) is 1.00. The van der Waals surface area contributed by atoms with Crippen molar-refractivity contribution in [2.24, 2.45) is 0 Å². The molecule has 0 unspecified atom stereocenters. The predicted octanol–water partition coefficient (Wildman–Crippen LogP) is -0.371. The smallest absolute Gasteiger partial charge is 0.120 e. The third-order valence-corrected chi connectivity index (χ3v) is 0. The molecule has 0 bridgehead atoms. The summed E-state index contributed by atoms with van der Waals surface area (Å²) in [4.78, 5) is 7.25. The molecule has 0 atom stereocenters. The Bertz CT molecular complexity index is 11.6. The minimum atomic E-state index is 0. The first-order valence-corrected chi connectivity index (χ1v) is 0.183. The number of nitrogens with zero attached hydrogens (tertiary/aromatic N) is 1. The van der Waals surface area contributed by atoms with Gasteiger partial charge in [0.05, 0.1) is 0 Å². The van der Waals surface area contributed by atoms with Crippen LogP contribution in [0, 0.1) is 12.3 Å². The maximum atomic E-state index is 7.25. The summed E-state index contributed by atoms with van der Waals surface area (Å²) in [5.41, 5.74) is 5.75. The van der Waals surface area contributed by atoms with Gasteiger partial charge in [-0.1, -0.05) is 0 Å². The van der Waals surface area contributed by atoms with Gasteiger partial charge in [0, 0.05) is 46.2 Å². The summed E-state index contributed by atoms with van der Waals surface area (Å²) in [5, 5.41) is 0. The quantitative estimate of drug-likeness (QED) is 0.429. The van der Waals surface area contributed by atoms with Crippen LogP contribution in [0.1, 0.15) is 0 Å². The number of hydrogen-bond donors (Lipinski definition) is 0. The summed E-state index contributed by atoms with van der Waals surface area (Å²) in [5.74, 6) is 0. The summed E-state index contributed by atoms with van der Waals surface area (Å²) >= 11 is 0. The van der Waals surface area contributed by atoms with Crippen molar-refractivity contribution in [3.05, 3.63) is 12.3 Å². The van der Waals surface area contributed by atoms with Crippen LogP contribution in [0.25, 0.3) is 0 Å². The molecule has 0 rings (SSSR count). The summed E-state index contributed by atoms with van der Waals surface area (Å²) in [6, 6.07) is 0. The van der Waals surface area contributed by atoms with Crippen molar-refractivity contribution >= 4 is 0 Å². The van der Waals surface area contributed by atoms with E-state index in [-0.39, 0.29) is 46.2 Å². The van der Waals surface area contributed by atoms with E-state index in [0.717, 1.165) is 0 Å². The summed E-state index contributed by atoms with van der Waals surface area (Å²) in [6.07, 6.45) is 0. The fourth-order valence-corrected chi connectivity index (χ4v) is 0. The molecule has 0 aromatic carbocycles. The molecule has 0 aromatic heterocycles. The van der Waals surface area contributed by atoms with Gasteiger partial charge >= 0.3 is 0 Å². The van der Waals surface area contributed by atoms with E-state index >= 15 is 0 Å². The Kier molecular flexibility index (Phi) is 829. The first-order chi connectivity index (χ1) is 1.00. The normalized spacial score (nSPS) is 0.800. The third-order valence-electron chi connectivity index (χ3n) is 0. The third kappa shape index (κ3) is 55.8. The van der Waals surface area contributed by atoms with Crippen molar-refractivity contribution in [1.82, 2.24) is 5.59 Å². The SMILES string of the molecule is [C].[Fe].[N]=O.[Ti]. The second-order valence-electron chi connectivity index (χ2n) is 0. The van der Waals surface area contributed by atoms with Gasteiger partial charge in [-0.2, -0.15) is 0 Å². The maximum absolute atomic E-state index is 7.25.